The molecular weight excluding hydrogens is 577 g/mol. The number of hydrogen-bond acceptors (Lipinski definition) is 8. The Kier molecular flexibility index (Phi) is 17.9. The Morgan fingerprint density at radius 3 is 1.21 bits per heavy atom. The molecule has 0 atom stereocenters. The van der Waals surface area contributed by atoms with E-state index in [-0.39, 0.29) is 20.1 Å². The minimum Gasteiger partial charge on any atom is -0.379 e. The van der Waals surface area contributed by atoms with E-state index in [1.54, 1.807) is 24.3 Å². The van der Waals surface area contributed by atoms with Crippen molar-refractivity contribution >= 4 is 55.8 Å². The highest BCUT2D eigenvalue weighted by Gasteiger charge is 2.07. The maximum absolute atomic E-state index is 10.5. The SMILES string of the molecule is Cc1ccc(S(=O)(=O)O)cc1.Cc1ccc(S(=O)(=O)O)cc1.NC(S)=NCCOCCOCCN=C(N)S. The van der Waals surface area contributed by atoms with Crippen LogP contribution in [0.4, 0.5) is 0 Å². The van der Waals surface area contributed by atoms with Crippen LogP contribution in [0.5, 0.6) is 0 Å². The lowest BCUT2D eigenvalue weighted by Gasteiger charge is -2.03. The Balaban J connectivity index is 0.000000554. The van der Waals surface area contributed by atoms with E-state index in [1.807, 2.05) is 13.8 Å². The van der Waals surface area contributed by atoms with Gasteiger partial charge in [0.2, 0.25) is 0 Å². The lowest BCUT2D eigenvalue weighted by molar-refractivity contribution is 0.0541. The summed E-state index contributed by atoms with van der Waals surface area (Å²) in [7, 11) is -8.04. The second kappa shape index (κ2) is 19.0. The fraction of sp³-hybridized carbons (Fsp3) is 0.364. The van der Waals surface area contributed by atoms with Gasteiger partial charge in [-0.05, 0) is 38.1 Å². The van der Waals surface area contributed by atoms with Crippen molar-refractivity contribution in [1.29, 1.82) is 0 Å². The van der Waals surface area contributed by atoms with E-state index in [0.29, 0.717) is 39.5 Å². The summed E-state index contributed by atoms with van der Waals surface area (Å²) in [6.07, 6.45) is 0. The number of hydrogen-bond donors (Lipinski definition) is 6. The van der Waals surface area contributed by atoms with Gasteiger partial charge in [0.05, 0.1) is 49.3 Å². The Labute approximate surface area is 234 Å². The molecule has 0 aliphatic heterocycles. The number of nitrogens with two attached hydrogens (primary N) is 2. The Morgan fingerprint density at radius 1 is 0.684 bits per heavy atom. The largest absolute Gasteiger partial charge is 0.379 e. The maximum Gasteiger partial charge on any atom is 0.294 e. The summed E-state index contributed by atoms with van der Waals surface area (Å²) in [4.78, 5) is 7.55. The fourth-order valence-electron chi connectivity index (χ4n) is 2.19. The van der Waals surface area contributed by atoms with Gasteiger partial charge in [-0.2, -0.15) is 16.8 Å². The molecule has 0 saturated carbocycles. The quantitative estimate of drug-likeness (QED) is 0.0718. The first-order valence-electron chi connectivity index (χ1n) is 10.8. The van der Waals surface area contributed by atoms with Crippen molar-refractivity contribution in [3.8, 4) is 0 Å². The third-order valence-electron chi connectivity index (χ3n) is 4.03. The van der Waals surface area contributed by atoms with Gasteiger partial charge in [0.25, 0.3) is 20.2 Å². The molecule has 214 valence electrons. The lowest BCUT2D eigenvalue weighted by atomic mass is 10.2. The molecule has 0 fully saturated rings. The summed E-state index contributed by atoms with van der Waals surface area (Å²) < 4.78 is 69.5. The van der Waals surface area contributed by atoms with E-state index in [0.717, 1.165) is 11.1 Å². The Hall–Kier alpha value is -2.18. The number of aryl methyl sites for hydroxylation is 2. The number of ether oxygens (including phenoxy) is 2. The summed E-state index contributed by atoms with van der Waals surface area (Å²) in [6.45, 7) is 6.75. The van der Waals surface area contributed by atoms with Gasteiger partial charge in [-0.25, -0.2) is 0 Å². The molecule has 2 aromatic carbocycles. The average molecular weight is 611 g/mol. The monoisotopic (exact) mass is 610 g/mol. The highest BCUT2D eigenvalue weighted by molar-refractivity contribution is 7.97. The minimum atomic E-state index is -4.02. The molecule has 2 aromatic rings. The van der Waals surface area contributed by atoms with Crippen LogP contribution < -0.4 is 11.5 Å². The number of amidine groups is 2. The van der Waals surface area contributed by atoms with Crippen molar-refractivity contribution in [1.82, 2.24) is 0 Å². The summed E-state index contributed by atoms with van der Waals surface area (Å²) >= 11 is 7.63. The highest BCUT2D eigenvalue weighted by Crippen LogP contribution is 2.09. The van der Waals surface area contributed by atoms with E-state index in [2.05, 4.69) is 35.2 Å². The second-order valence-electron chi connectivity index (χ2n) is 7.28. The van der Waals surface area contributed by atoms with Gasteiger partial charge in [0.15, 0.2) is 10.3 Å². The van der Waals surface area contributed by atoms with Crippen LogP contribution in [-0.4, -0.2) is 75.8 Å². The topological polar surface area (TPSA) is 204 Å². The molecule has 0 spiro atoms. The summed E-state index contributed by atoms with van der Waals surface area (Å²) in [6, 6.07) is 12.0. The first kappa shape index (κ1) is 35.8. The van der Waals surface area contributed by atoms with Gasteiger partial charge >= 0.3 is 0 Å². The van der Waals surface area contributed by atoms with Crippen molar-refractivity contribution in [2.45, 2.75) is 23.6 Å². The summed E-state index contributed by atoms with van der Waals surface area (Å²) in [5.74, 6) is 0. The zero-order chi connectivity index (χ0) is 29.2. The molecular formula is C22H34N4O8S4. The summed E-state index contributed by atoms with van der Waals surface area (Å²) in [5, 5.41) is 0.532. The Bertz CT molecular complexity index is 1110. The zero-order valence-electron chi connectivity index (χ0n) is 21.0. The first-order chi connectivity index (χ1) is 17.6. The second-order valence-corrected chi connectivity index (χ2v) is 11.0. The molecule has 0 radical (unpaired) electrons. The van der Waals surface area contributed by atoms with Crippen molar-refractivity contribution in [2.24, 2.45) is 21.5 Å². The molecule has 0 unspecified atom stereocenters. The van der Waals surface area contributed by atoms with Crippen LogP contribution in [0.3, 0.4) is 0 Å². The number of thiol groups is 2. The van der Waals surface area contributed by atoms with Crippen LogP contribution in [0.15, 0.2) is 68.3 Å². The van der Waals surface area contributed by atoms with Crippen LogP contribution in [0, 0.1) is 13.8 Å². The van der Waals surface area contributed by atoms with Crippen molar-refractivity contribution in [3.05, 3.63) is 59.7 Å². The smallest absolute Gasteiger partial charge is 0.294 e. The third kappa shape index (κ3) is 19.9. The number of benzene rings is 2. The molecule has 0 aliphatic rings. The van der Waals surface area contributed by atoms with Crippen molar-refractivity contribution < 1.29 is 35.4 Å². The van der Waals surface area contributed by atoms with Crippen LogP contribution >= 0.6 is 25.3 Å². The lowest BCUT2D eigenvalue weighted by Crippen LogP contribution is -2.11. The molecule has 0 heterocycles. The molecule has 2 rings (SSSR count). The summed E-state index contributed by atoms with van der Waals surface area (Å²) in [5.41, 5.74) is 12.3. The van der Waals surface area contributed by atoms with Gasteiger partial charge in [-0.3, -0.25) is 19.1 Å². The van der Waals surface area contributed by atoms with Gasteiger partial charge in [-0.1, -0.05) is 35.4 Å². The molecule has 6 N–H and O–H groups in total. The number of rotatable bonds is 11. The standard InChI is InChI=1S/C8H18N4O2S2.2C7H8O3S/c9-7(15)11-1-3-13-5-6-14-4-2-12-8(10)16;2*1-6-2-4-7(5-3-6)11(8,9)10/h1-6H2,(H3,9,11,15)(H3,10,12,16);2*2-5H,1H3,(H,8,9,10). The van der Waals surface area contributed by atoms with Gasteiger partial charge in [0.1, 0.15) is 0 Å². The molecule has 0 amide bonds. The van der Waals surface area contributed by atoms with E-state index < -0.39 is 20.2 Å². The van der Waals surface area contributed by atoms with Gasteiger partial charge < -0.3 is 20.9 Å². The third-order valence-corrected chi connectivity index (χ3v) is 6.05. The fourth-order valence-corrected chi connectivity index (χ4v) is 3.35. The zero-order valence-corrected chi connectivity index (χ0v) is 24.4. The van der Waals surface area contributed by atoms with Crippen LogP contribution in [-0.2, 0) is 29.7 Å². The average Bonchev–Trinajstić information content (AvgIpc) is 2.80. The number of aliphatic imine (C=N–C) groups is 2. The molecule has 0 aliphatic carbocycles. The van der Waals surface area contributed by atoms with Crippen LogP contribution in [0.25, 0.3) is 0 Å². The highest BCUT2D eigenvalue weighted by atomic mass is 32.2. The Morgan fingerprint density at radius 2 is 0.974 bits per heavy atom. The molecule has 0 saturated heterocycles. The van der Waals surface area contributed by atoms with Crippen molar-refractivity contribution in [3.63, 3.8) is 0 Å². The number of nitrogens with zero attached hydrogens (tertiary/aromatic N) is 2. The molecule has 0 bridgehead atoms. The predicted molar refractivity (Wildman–Crippen MR) is 155 cm³/mol. The van der Waals surface area contributed by atoms with Crippen LogP contribution in [0.2, 0.25) is 0 Å². The molecule has 38 heavy (non-hydrogen) atoms. The molecule has 12 nitrogen and oxygen atoms in total. The van der Waals surface area contributed by atoms with E-state index in [4.69, 9.17) is 30.0 Å². The maximum atomic E-state index is 10.5. The first-order valence-corrected chi connectivity index (χ1v) is 14.6. The van der Waals surface area contributed by atoms with E-state index in [1.165, 1.54) is 24.3 Å². The molecule has 16 heteroatoms. The van der Waals surface area contributed by atoms with E-state index >= 15 is 0 Å². The van der Waals surface area contributed by atoms with E-state index in [9.17, 15) is 16.8 Å². The predicted octanol–water partition coefficient (Wildman–Crippen LogP) is 1.99. The normalized spacial score (nSPS) is 12.2. The molecule has 0 aromatic heterocycles. The van der Waals surface area contributed by atoms with Gasteiger partial charge in [0, 0.05) is 0 Å². The minimum absolute atomic E-state index is 0.0666. The van der Waals surface area contributed by atoms with Crippen LogP contribution in [0.1, 0.15) is 11.1 Å². The van der Waals surface area contributed by atoms with Crippen molar-refractivity contribution in [2.75, 3.05) is 39.5 Å². The van der Waals surface area contributed by atoms with Gasteiger partial charge in [-0.15, -0.1) is 25.3 Å².